The minimum Gasteiger partial charge on any atom is -0.298 e. The molecule has 1 aliphatic heterocycles. The second-order valence-corrected chi connectivity index (χ2v) is 7.08. The Hall–Kier alpha value is -2.12. The highest BCUT2D eigenvalue weighted by molar-refractivity contribution is 5.52. The van der Waals surface area contributed by atoms with E-state index >= 15 is 0 Å². The highest BCUT2D eigenvalue weighted by atomic mass is 15.2. The van der Waals surface area contributed by atoms with E-state index in [-0.39, 0.29) is 5.41 Å². The fourth-order valence-corrected chi connectivity index (χ4v) is 3.67. The molecule has 0 fully saturated rings. The zero-order valence-electron chi connectivity index (χ0n) is 14.5. The number of benzene rings is 2. The van der Waals surface area contributed by atoms with Crippen LogP contribution in [0.3, 0.4) is 0 Å². The van der Waals surface area contributed by atoms with Gasteiger partial charge in [-0.25, -0.2) is 0 Å². The summed E-state index contributed by atoms with van der Waals surface area (Å²) < 4.78 is 0. The molecule has 1 N–H and O–H groups in total. The van der Waals surface area contributed by atoms with E-state index in [1.165, 1.54) is 27.3 Å². The second-order valence-electron chi connectivity index (χ2n) is 7.08. The van der Waals surface area contributed by atoms with Crippen molar-refractivity contribution in [3.8, 4) is 0 Å². The molecule has 2 aromatic rings. The van der Waals surface area contributed by atoms with Crippen molar-refractivity contribution in [2.75, 3.05) is 7.05 Å². The number of hydrogen-bond acceptors (Lipinski definition) is 0. The van der Waals surface area contributed by atoms with Crippen molar-refractivity contribution >= 4 is 11.8 Å². The van der Waals surface area contributed by atoms with Gasteiger partial charge in [0.25, 0.3) is 0 Å². The summed E-state index contributed by atoms with van der Waals surface area (Å²) in [5.41, 5.74) is 5.60. The number of rotatable bonds is 3. The summed E-state index contributed by atoms with van der Waals surface area (Å²) >= 11 is 0. The molecule has 1 heteroatoms. The van der Waals surface area contributed by atoms with Crippen molar-refractivity contribution in [1.29, 1.82) is 0 Å². The topological polar surface area (TPSA) is 4.44 Å². The molecule has 0 saturated heterocycles. The first-order valence-corrected chi connectivity index (χ1v) is 8.35. The zero-order chi connectivity index (χ0) is 16.4. The quantitative estimate of drug-likeness (QED) is 0.815. The highest BCUT2D eigenvalue weighted by Gasteiger charge is 2.45. The molecule has 2 aromatic carbocycles. The number of nitrogens with one attached hydrogen (secondary N) is 1. The number of likely N-dealkylation sites (N-methyl/N-ethyl adjacent to an activating group) is 1. The third-order valence-corrected chi connectivity index (χ3v) is 5.07. The van der Waals surface area contributed by atoms with Gasteiger partial charge in [0.15, 0.2) is 0 Å². The largest absolute Gasteiger partial charge is 0.298 e. The maximum atomic E-state index is 2.35. The van der Waals surface area contributed by atoms with E-state index in [9.17, 15) is 0 Å². The van der Waals surface area contributed by atoms with Crippen LogP contribution in [0.25, 0.3) is 6.08 Å². The van der Waals surface area contributed by atoms with E-state index in [4.69, 9.17) is 0 Å². The van der Waals surface area contributed by atoms with Gasteiger partial charge in [-0.2, -0.15) is 0 Å². The van der Waals surface area contributed by atoms with Crippen LogP contribution >= 0.6 is 0 Å². The van der Waals surface area contributed by atoms with Gasteiger partial charge < -0.3 is 0 Å². The van der Waals surface area contributed by atoms with E-state index in [2.05, 4.69) is 101 Å². The standard InChI is InChI=1S/C22H25N/c1-17-13-15-18(16-14-17)9-5-8-12-21-22(2,3)19-10-6-7-11-20(19)23(21)4/h5-16,21H,1-4H3/p+1/b9-5+,12-8+. The van der Waals surface area contributed by atoms with Gasteiger partial charge in [0.1, 0.15) is 11.7 Å². The van der Waals surface area contributed by atoms with E-state index in [0.29, 0.717) is 6.04 Å². The van der Waals surface area contributed by atoms with Crippen LogP contribution in [0, 0.1) is 6.92 Å². The van der Waals surface area contributed by atoms with Crippen LogP contribution in [-0.4, -0.2) is 13.1 Å². The zero-order valence-corrected chi connectivity index (χ0v) is 14.5. The number of allylic oxidation sites excluding steroid dienone is 2. The summed E-state index contributed by atoms with van der Waals surface area (Å²) in [6.45, 7) is 6.81. The molecule has 2 unspecified atom stereocenters. The molecule has 23 heavy (non-hydrogen) atoms. The Bertz CT molecular complexity index is 735. The van der Waals surface area contributed by atoms with Crippen LogP contribution in [0.5, 0.6) is 0 Å². The maximum Gasteiger partial charge on any atom is 0.135 e. The van der Waals surface area contributed by atoms with Gasteiger partial charge in [-0.1, -0.05) is 66.3 Å². The van der Waals surface area contributed by atoms with Crippen molar-refractivity contribution < 1.29 is 4.90 Å². The Labute approximate surface area is 140 Å². The Morgan fingerprint density at radius 2 is 1.65 bits per heavy atom. The molecule has 1 heterocycles. The van der Waals surface area contributed by atoms with Crippen molar-refractivity contribution in [2.24, 2.45) is 0 Å². The summed E-state index contributed by atoms with van der Waals surface area (Å²) in [5, 5.41) is 0. The molecule has 0 amide bonds. The van der Waals surface area contributed by atoms with Gasteiger partial charge in [-0.15, -0.1) is 0 Å². The second kappa shape index (κ2) is 6.17. The van der Waals surface area contributed by atoms with Crippen molar-refractivity contribution in [3.05, 3.63) is 83.4 Å². The normalized spacial score (nSPS) is 22.8. The lowest BCUT2D eigenvalue weighted by Gasteiger charge is -2.25. The Morgan fingerprint density at radius 1 is 0.957 bits per heavy atom. The highest BCUT2D eigenvalue weighted by Crippen LogP contribution is 2.36. The van der Waals surface area contributed by atoms with Gasteiger partial charge in [0.2, 0.25) is 0 Å². The van der Waals surface area contributed by atoms with Crippen LogP contribution in [-0.2, 0) is 5.41 Å². The lowest BCUT2D eigenvalue weighted by atomic mass is 9.80. The number of quaternary nitrogens is 1. The monoisotopic (exact) mass is 304 g/mol. The van der Waals surface area contributed by atoms with Crippen molar-refractivity contribution in [2.45, 2.75) is 32.2 Å². The molecule has 0 radical (unpaired) electrons. The van der Waals surface area contributed by atoms with Crippen LogP contribution in [0.4, 0.5) is 5.69 Å². The summed E-state index contributed by atoms with van der Waals surface area (Å²) in [4.78, 5) is 1.48. The number of hydrogen-bond donors (Lipinski definition) is 1. The summed E-state index contributed by atoms with van der Waals surface area (Å²) in [6, 6.07) is 17.9. The molecule has 0 spiro atoms. The molecule has 118 valence electrons. The third-order valence-electron chi connectivity index (χ3n) is 5.07. The maximum absolute atomic E-state index is 2.35. The predicted molar refractivity (Wildman–Crippen MR) is 99.2 cm³/mol. The first-order valence-electron chi connectivity index (χ1n) is 8.35. The molecule has 1 aliphatic rings. The first kappa shape index (κ1) is 15.8. The lowest BCUT2D eigenvalue weighted by Crippen LogP contribution is -3.07. The van der Waals surface area contributed by atoms with Crippen LogP contribution in [0.15, 0.2) is 66.8 Å². The number of aryl methyl sites for hydroxylation is 1. The molecule has 0 aliphatic carbocycles. The molecule has 2 atom stereocenters. The smallest absolute Gasteiger partial charge is 0.135 e. The van der Waals surface area contributed by atoms with Gasteiger partial charge in [-0.05, 0) is 38.5 Å². The number of para-hydroxylation sites is 1. The minimum absolute atomic E-state index is 0.162. The van der Waals surface area contributed by atoms with Gasteiger partial charge in [0, 0.05) is 5.56 Å². The fourth-order valence-electron chi connectivity index (χ4n) is 3.67. The van der Waals surface area contributed by atoms with E-state index in [0.717, 1.165) is 0 Å². The van der Waals surface area contributed by atoms with Crippen molar-refractivity contribution in [1.82, 2.24) is 0 Å². The molecule has 0 bridgehead atoms. The molecular formula is C22H26N+. The van der Waals surface area contributed by atoms with E-state index in [1.54, 1.807) is 0 Å². The Morgan fingerprint density at radius 3 is 2.35 bits per heavy atom. The van der Waals surface area contributed by atoms with Crippen molar-refractivity contribution in [3.63, 3.8) is 0 Å². The lowest BCUT2D eigenvalue weighted by molar-refractivity contribution is -0.828. The SMILES string of the molecule is Cc1ccc(/C=C/C=C/C2[NH+](C)c3ccccc3C2(C)C)cc1. The van der Waals surface area contributed by atoms with Gasteiger partial charge >= 0.3 is 0 Å². The first-order chi connectivity index (χ1) is 11.0. The third kappa shape index (κ3) is 3.02. The fraction of sp³-hybridized carbons (Fsp3) is 0.273. The Kier molecular flexibility index (Phi) is 4.23. The van der Waals surface area contributed by atoms with Crippen LogP contribution < -0.4 is 4.90 Å². The van der Waals surface area contributed by atoms with Gasteiger partial charge in [0.05, 0.1) is 12.5 Å². The average molecular weight is 304 g/mol. The molecule has 0 aromatic heterocycles. The van der Waals surface area contributed by atoms with E-state index < -0.39 is 0 Å². The molecule has 3 rings (SSSR count). The minimum atomic E-state index is 0.162. The molecular weight excluding hydrogens is 278 g/mol. The summed E-state index contributed by atoms with van der Waals surface area (Å²) in [5.74, 6) is 0. The van der Waals surface area contributed by atoms with Crippen LogP contribution in [0.1, 0.15) is 30.5 Å². The summed E-state index contributed by atoms with van der Waals surface area (Å²) in [6.07, 6.45) is 8.86. The van der Waals surface area contributed by atoms with E-state index in [1.807, 2.05) is 0 Å². The van der Waals surface area contributed by atoms with Crippen LogP contribution in [0.2, 0.25) is 0 Å². The molecule has 1 nitrogen and oxygen atoms in total. The Balaban J connectivity index is 1.77. The predicted octanol–water partition coefficient (Wildman–Crippen LogP) is 4.07. The number of fused-ring (bicyclic) bond motifs is 1. The average Bonchev–Trinajstić information content (AvgIpc) is 2.74. The summed E-state index contributed by atoms with van der Waals surface area (Å²) in [7, 11) is 2.27. The molecule has 0 saturated carbocycles. The van der Waals surface area contributed by atoms with Gasteiger partial charge in [-0.3, -0.25) is 4.90 Å².